The fourth-order valence-electron chi connectivity index (χ4n) is 4.56. The third-order valence-corrected chi connectivity index (χ3v) is 6.45. The van der Waals surface area contributed by atoms with Crippen molar-refractivity contribution >= 4 is 11.8 Å². The molecule has 1 heterocycles. The number of ether oxygens (including phenoxy) is 2. The molecule has 1 fully saturated rings. The fraction of sp³-hybridized carbons (Fsp3) is 0.357. The first-order valence-electron chi connectivity index (χ1n) is 11.9. The molecule has 3 aromatic rings. The molecule has 1 aliphatic carbocycles. The summed E-state index contributed by atoms with van der Waals surface area (Å²) in [6.07, 6.45) is 5.66. The number of nitrogens with one attached hydrogen (secondary N) is 1. The number of rotatable bonds is 9. The molecule has 1 aromatic heterocycles. The highest BCUT2D eigenvalue weighted by Gasteiger charge is 2.34. The van der Waals surface area contributed by atoms with Gasteiger partial charge in [-0.2, -0.15) is 0 Å². The minimum atomic E-state index is -0.832. The quantitative estimate of drug-likeness (QED) is 0.468. The number of furan rings is 1. The Morgan fingerprint density at radius 3 is 2.37 bits per heavy atom. The zero-order chi connectivity index (χ0) is 24.8. The highest BCUT2D eigenvalue weighted by Crippen LogP contribution is 2.31. The molecule has 1 aliphatic rings. The molecule has 184 valence electrons. The maximum Gasteiger partial charge on any atom is 0.255 e. The molecule has 0 bridgehead atoms. The number of aryl methyl sites for hydroxylation is 1. The summed E-state index contributed by atoms with van der Waals surface area (Å²) in [6.45, 7) is 2.13. The van der Waals surface area contributed by atoms with Crippen molar-refractivity contribution in [2.45, 2.75) is 51.2 Å². The maximum atomic E-state index is 14.0. The van der Waals surface area contributed by atoms with Crippen LogP contribution in [0.4, 0.5) is 0 Å². The van der Waals surface area contributed by atoms with E-state index in [0.717, 1.165) is 36.8 Å². The van der Waals surface area contributed by atoms with Gasteiger partial charge in [0.05, 0.1) is 27.0 Å². The highest BCUT2D eigenvalue weighted by atomic mass is 16.5. The molecular formula is C28H32N2O5. The average molecular weight is 477 g/mol. The van der Waals surface area contributed by atoms with Crippen molar-refractivity contribution in [1.82, 2.24) is 10.2 Å². The second-order valence-corrected chi connectivity index (χ2v) is 8.89. The van der Waals surface area contributed by atoms with E-state index in [-0.39, 0.29) is 24.4 Å². The molecule has 1 atom stereocenters. The lowest BCUT2D eigenvalue weighted by Gasteiger charge is -2.32. The molecule has 7 nitrogen and oxygen atoms in total. The van der Waals surface area contributed by atoms with Crippen molar-refractivity contribution in [2.75, 3.05) is 14.2 Å². The summed E-state index contributed by atoms with van der Waals surface area (Å²) in [7, 11) is 3.07. The van der Waals surface area contributed by atoms with Gasteiger partial charge >= 0.3 is 0 Å². The standard InChI is InChI=1S/C28H32N2O5/c1-19-10-12-20(13-11-19)26(27(31)29-22-7-4-5-8-22)30(18-23-9-6-16-35-23)28(32)21-14-15-24(33-2)25(17-21)34-3/h6,9-17,22,26H,4-5,7-8,18H2,1-3H3,(H,29,31)/t26-/m1/s1. The lowest BCUT2D eigenvalue weighted by Crippen LogP contribution is -2.45. The summed E-state index contributed by atoms with van der Waals surface area (Å²) in [5.74, 6) is 1.05. The van der Waals surface area contributed by atoms with Crippen molar-refractivity contribution in [3.8, 4) is 11.5 Å². The van der Waals surface area contributed by atoms with Crippen LogP contribution in [-0.4, -0.2) is 37.0 Å². The summed E-state index contributed by atoms with van der Waals surface area (Å²) >= 11 is 0. The third kappa shape index (κ3) is 5.67. The third-order valence-electron chi connectivity index (χ3n) is 6.45. The van der Waals surface area contributed by atoms with Gasteiger partial charge in [-0.05, 0) is 55.7 Å². The minimum Gasteiger partial charge on any atom is -0.493 e. The molecule has 2 aromatic carbocycles. The number of carbonyl (C=O) groups excluding carboxylic acids is 2. The maximum absolute atomic E-state index is 14.0. The van der Waals surface area contributed by atoms with Crippen molar-refractivity contribution in [3.63, 3.8) is 0 Å². The smallest absolute Gasteiger partial charge is 0.255 e. The van der Waals surface area contributed by atoms with Crippen LogP contribution in [0.25, 0.3) is 0 Å². The number of methoxy groups -OCH3 is 2. The molecule has 0 aliphatic heterocycles. The van der Waals surface area contributed by atoms with Gasteiger partial charge in [0.1, 0.15) is 11.8 Å². The van der Waals surface area contributed by atoms with E-state index in [9.17, 15) is 9.59 Å². The summed E-state index contributed by atoms with van der Waals surface area (Å²) in [4.78, 5) is 29.3. The Bertz CT molecular complexity index is 1130. The van der Waals surface area contributed by atoms with Crippen LogP contribution in [0.1, 0.15) is 59.0 Å². The predicted octanol–water partition coefficient (Wildman–Crippen LogP) is 5.05. The van der Waals surface area contributed by atoms with Crippen LogP contribution in [0.5, 0.6) is 11.5 Å². The summed E-state index contributed by atoms with van der Waals surface area (Å²) in [5.41, 5.74) is 2.21. The van der Waals surface area contributed by atoms with Gasteiger partial charge in [-0.3, -0.25) is 9.59 Å². The van der Waals surface area contributed by atoms with Crippen LogP contribution < -0.4 is 14.8 Å². The van der Waals surface area contributed by atoms with Gasteiger partial charge in [0.15, 0.2) is 11.5 Å². The summed E-state index contributed by atoms with van der Waals surface area (Å²) < 4.78 is 16.3. The monoisotopic (exact) mass is 476 g/mol. The van der Waals surface area contributed by atoms with E-state index in [1.165, 1.54) is 7.11 Å². The average Bonchev–Trinajstić information content (AvgIpc) is 3.58. The first kappa shape index (κ1) is 24.4. The van der Waals surface area contributed by atoms with E-state index in [4.69, 9.17) is 13.9 Å². The molecule has 1 saturated carbocycles. The van der Waals surface area contributed by atoms with Crippen LogP contribution in [-0.2, 0) is 11.3 Å². The van der Waals surface area contributed by atoms with Crippen molar-refractivity contribution in [2.24, 2.45) is 0 Å². The first-order valence-corrected chi connectivity index (χ1v) is 11.9. The Balaban J connectivity index is 1.75. The van der Waals surface area contributed by atoms with Crippen LogP contribution in [0, 0.1) is 6.92 Å². The second-order valence-electron chi connectivity index (χ2n) is 8.89. The van der Waals surface area contributed by atoms with Crippen LogP contribution in [0.3, 0.4) is 0 Å². The molecule has 0 spiro atoms. The van der Waals surface area contributed by atoms with E-state index in [1.54, 1.807) is 48.6 Å². The van der Waals surface area contributed by atoms with Crippen LogP contribution >= 0.6 is 0 Å². The lowest BCUT2D eigenvalue weighted by atomic mass is 10.0. The van der Waals surface area contributed by atoms with E-state index in [1.807, 2.05) is 31.2 Å². The topological polar surface area (TPSA) is 81.0 Å². The molecule has 7 heteroatoms. The number of carbonyl (C=O) groups is 2. The molecule has 35 heavy (non-hydrogen) atoms. The molecule has 0 radical (unpaired) electrons. The predicted molar refractivity (Wildman–Crippen MR) is 132 cm³/mol. The van der Waals surface area contributed by atoms with Gasteiger partial charge in [-0.1, -0.05) is 42.7 Å². The number of nitrogens with zero attached hydrogens (tertiary/aromatic N) is 1. The Labute approximate surface area is 206 Å². The number of hydrogen-bond donors (Lipinski definition) is 1. The van der Waals surface area contributed by atoms with Gasteiger partial charge in [-0.25, -0.2) is 0 Å². The van der Waals surface area contributed by atoms with E-state index in [0.29, 0.717) is 22.8 Å². The zero-order valence-electron chi connectivity index (χ0n) is 20.5. The van der Waals surface area contributed by atoms with Gasteiger partial charge < -0.3 is 24.1 Å². The molecule has 4 rings (SSSR count). The van der Waals surface area contributed by atoms with E-state index >= 15 is 0 Å². The van der Waals surface area contributed by atoms with E-state index < -0.39 is 6.04 Å². The van der Waals surface area contributed by atoms with Gasteiger partial charge in [-0.15, -0.1) is 0 Å². The largest absolute Gasteiger partial charge is 0.493 e. The van der Waals surface area contributed by atoms with Gasteiger partial charge in [0, 0.05) is 11.6 Å². The van der Waals surface area contributed by atoms with Crippen molar-refractivity contribution < 1.29 is 23.5 Å². The second kappa shape index (κ2) is 11.1. The van der Waals surface area contributed by atoms with Crippen molar-refractivity contribution in [3.05, 3.63) is 83.3 Å². The molecule has 0 saturated heterocycles. The molecular weight excluding hydrogens is 444 g/mol. The molecule has 0 unspecified atom stereocenters. The SMILES string of the molecule is COc1ccc(C(=O)N(Cc2ccco2)[C@@H](C(=O)NC2CCCC2)c2ccc(C)cc2)cc1OC. The minimum absolute atomic E-state index is 0.122. The Hall–Kier alpha value is -3.74. The summed E-state index contributed by atoms with van der Waals surface area (Å²) in [6, 6.07) is 15.6. The molecule has 1 N–H and O–H groups in total. The van der Waals surface area contributed by atoms with Gasteiger partial charge in [0.25, 0.3) is 5.91 Å². The fourth-order valence-corrected chi connectivity index (χ4v) is 4.56. The van der Waals surface area contributed by atoms with Crippen molar-refractivity contribution in [1.29, 1.82) is 0 Å². The Kier molecular flexibility index (Phi) is 7.75. The van der Waals surface area contributed by atoms with Crippen LogP contribution in [0.2, 0.25) is 0 Å². The van der Waals surface area contributed by atoms with E-state index in [2.05, 4.69) is 5.32 Å². The highest BCUT2D eigenvalue weighted by molar-refractivity contribution is 5.98. The number of amides is 2. The number of benzene rings is 2. The molecule has 2 amide bonds. The Morgan fingerprint density at radius 2 is 1.74 bits per heavy atom. The van der Waals surface area contributed by atoms with Gasteiger partial charge in [0.2, 0.25) is 5.91 Å². The Morgan fingerprint density at radius 1 is 1.03 bits per heavy atom. The normalized spacial score (nSPS) is 14.4. The number of hydrogen-bond acceptors (Lipinski definition) is 5. The summed E-state index contributed by atoms with van der Waals surface area (Å²) in [5, 5.41) is 3.19. The zero-order valence-corrected chi connectivity index (χ0v) is 20.5. The first-order chi connectivity index (χ1) is 17.0. The lowest BCUT2D eigenvalue weighted by molar-refractivity contribution is -0.126. The van der Waals surface area contributed by atoms with Crippen LogP contribution in [0.15, 0.2) is 65.3 Å².